The third-order valence-electron chi connectivity index (χ3n) is 2.33. The highest BCUT2D eigenvalue weighted by Crippen LogP contribution is 2.21. The molecule has 2 rings (SSSR count). The second-order valence-electron chi connectivity index (χ2n) is 3.64. The lowest BCUT2D eigenvalue weighted by Crippen LogP contribution is -2.13. The van der Waals surface area contributed by atoms with Crippen molar-refractivity contribution in [2.45, 2.75) is 4.21 Å². The summed E-state index contributed by atoms with van der Waals surface area (Å²) < 4.78 is 29.5. The maximum Gasteiger partial charge on any atom is 0.191 e. The molecule has 18 heavy (non-hydrogen) atoms. The monoisotopic (exact) mass is 283 g/mol. The quantitative estimate of drug-likeness (QED) is 0.854. The Bertz CT molecular complexity index is 606. The predicted molar refractivity (Wildman–Crippen MR) is 72.7 cm³/mol. The van der Waals surface area contributed by atoms with Crippen molar-refractivity contribution in [2.24, 2.45) is 0 Å². The van der Waals surface area contributed by atoms with E-state index in [9.17, 15) is 8.42 Å². The van der Waals surface area contributed by atoms with E-state index in [0.717, 1.165) is 0 Å². The standard InChI is InChI=1S/C12H13NO3S2/c13-10-4-1-2-5-11(10)16-7-9-18(14,15)12-6-3-8-17-12/h1-6,8H,7,9,13H2. The number of nitrogen functional groups attached to an aromatic ring is 1. The van der Waals surface area contributed by atoms with Gasteiger partial charge in [0.25, 0.3) is 0 Å². The van der Waals surface area contributed by atoms with Crippen molar-refractivity contribution in [3.63, 3.8) is 0 Å². The van der Waals surface area contributed by atoms with Crippen LogP contribution in [-0.4, -0.2) is 20.8 Å². The second-order valence-corrected chi connectivity index (χ2v) is 6.92. The molecule has 0 saturated carbocycles. The highest BCUT2D eigenvalue weighted by Gasteiger charge is 2.15. The first kappa shape index (κ1) is 12.9. The largest absolute Gasteiger partial charge is 0.490 e. The van der Waals surface area contributed by atoms with Crippen LogP contribution in [-0.2, 0) is 9.84 Å². The zero-order valence-electron chi connectivity index (χ0n) is 9.57. The van der Waals surface area contributed by atoms with Gasteiger partial charge in [-0.3, -0.25) is 0 Å². The molecule has 96 valence electrons. The number of nitrogens with two attached hydrogens (primary N) is 1. The molecular formula is C12H13NO3S2. The Labute approximate surface area is 110 Å². The van der Waals surface area contributed by atoms with Gasteiger partial charge < -0.3 is 10.5 Å². The molecule has 4 nitrogen and oxygen atoms in total. The van der Waals surface area contributed by atoms with E-state index in [1.165, 1.54) is 11.3 Å². The van der Waals surface area contributed by atoms with Crippen LogP contribution < -0.4 is 10.5 Å². The van der Waals surface area contributed by atoms with Gasteiger partial charge in [0.05, 0.1) is 11.4 Å². The van der Waals surface area contributed by atoms with E-state index in [1.807, 2.05) is 0 Å². The number of thiophene rings is 1. The van der Waals surface area contributed by atoms with E-state index in [0.29, 0.717) is 15.6 Å². The van der Waals surface area contributed by atoms with Gasteiger partial charge in [-0.1, -0.05) is 18.2 Å². The number of hydrogen-bond acceptors (Lipinski definition) is 5. The topological polar surface area (TPSA) is 69.4 Å². The van der Waals surface area contributed by atoms with Crippen molar-refractivity contribution in [1.29, 1.82) is 0 Å². The molecule has 0 aliphatic carbocycles. The van der Waals surface area contributed by atoms with E-state index in [4.69, 9.17) is 10.5 Å². The number of rotatable bonds is 5. The predicted octanol–water partition coefficient (Wildman–Crippen LogP) is 2.18. The van der Waals surface area contributed by atoms with Crippen LogP contribution in [0.5, 0.6) is 5.75 Å². The maximum atomic E-state index is 11.9. The Balaban J connectivity index is 1.96. The summed E-state index contributed by atoms with van der Waals surface area (Å²) in [5.74, 6) is 0.459. The average molecular weight is 283 g/mol. The molecule has 0 atom stereocenters. The summed E-state index contributed by atoms with van der Waals surface area (Å²) in [4.78, 5) is 0. The molecule has 1 aromatic carbocycles. The molecule has 0 aliphatic rings. The molecule has 0 spiro atoms. The molecule has 0 amide bonds. The van der Waals surface area contributed by atoms with Gasteiger partial charge in [-0.15, -0.1) is 11.3 Å². The summed E-state index contributed by atoms with van der Waals surface area (Å²) in [7, 11) is -3.25. The summed E-state index contributed by atoms with van der Waals surface area (Å²) in [5.41, 5.74) is 6.20. The van der Waals surface area contributed by atoms with Crippen LogP contribution in [0.15, 0.2) is 46.0 Å². The summed E-state index contributed by atoms with van der Waals surface area (Å²) in [6.45, 7) is 0.0917. The maximum absolute atomic E-state index is 11.9. The molecule has 2 aromatic rings. The lowest BCUT2D eigenvalue weighted by molar-refractivity contribution is 0.342. The van der Waals surface area contributed by atoms with Gasteiger partial charge in [-0.05, 0) is 23.6 Å². The smallest absolute Gasteiger partial charge is 0.191 e. The minimum atomic E-state index is -3.25. The van der Waals surface area contributed by atoms with Crippen molar-refractivity contribution in [3.8, 4) is 5.75 Å². The third kappa shape index (κ3) is 3.02. The molecule has 0 aliphatic heterocycles. The highest BCUT2D eigenvalue weighted by atomic mass is 32.2. The van der Waals surface area contributed by atoms with Crippen molar-refractivity contribution < 1.29 is 13.2 Å². The molecule has 2 N–H and O–H groups in total. The van der Waals surface area contributed by atoms with Crippen LogP contribution in [0.3, 0.4) is 0 Å². The molecule has 6 heteroatoms. The van der Waals surface area contributed by atoms with Gasteiger partial charge in [0, 0.05) is 0 Å². The van der Waals surface area contributed by atoms with E-state index < -0.39 is 9.84 Å². The zero-order valence-corrected chi connectivity index (χ0v) is 11.2. The molecule has 0 saturated heterocycles. The molecular weight excluding hydrogens is 270 g/mol. The van der Waals surface area contributed by atoms with Gasteiger partial charge in [-0.25, -0.2) is 8.42 Å². The molecule has 0 bridgehead atoms. The van der Waals surface area contributed by atoms with Gasteiger partial charge in [0.2, 0.25) is 0 Å². The number of sulfone groups is 1. The van der Waals surface area contributed by atoms with Gasteiger partial charge in [0.15, 0.2) is 9.84 Å². The minimum Gasteiger partial charge on any atom is -0.490 e. The van der Waals surface area contributed by atoms with Crippen LogP contribution in [0, 0.1) is 0 Å². The Morgan fingerprint density at radius 2 is 1.94 bits per heavy atom. The van der Waals surface area contributed by atoms with E-state index in [2.05, 4.69) is 0 Å². The van der Waals surface area contributed by atoms with Crippen LogP contribution in [0.25, 0.3) is 0 Å². The number of hydrogen-bond donors (Lipinski definition) is 1. The fourth-order valence-corrected chi connectivity index (χ4v) is 3.66. The first-order valence-electron chi connectivity index (χ1n) is 5.33. The lowest BCUT2D eigenvalue weighted by atomic mass is 10.3. The summed E-state index contributed by atoms with van der Waals surface area (Å²) in [5, 5.41) is 1.74. The van der Waals surface area contributed by atoms with Crippen LogP contribution in [0.4, 0.5) is 5.69 Å². The lowest BCUT2D eigenvalue weighted by Gasteiger charge is -2.08. The molecule has 0 unspecified atom stereocenters. The van der Waals surface area contributed by atoms with Gasteiger partial charge in [0.1, 0.15) is 16.6 Å². The summed E-state index contributed by atoms with van der Waals surface area (Å²) >= 11 is 1.21. The summed E-state index contributed by atoms with van der Waals surface area (Å²) in [6.07, 6.45) is 0. The van der Waals surface area contributed by atoms with E-state index >= 15 is 0 Å². The van der Waals surface area contributed by atoms with Crippen molar-refractivity contribution in [1.82, 2.24) is 0 Å². The second kappa shape index (κ2) is 5.41. The zero-order chi connectivity index (χ0) is 13.0. The van der Waals surface area contributed by atoms with Crippen LogP contribution >= 0.6 is 11.3 Å². The van der Waals surface area contributed by atoms with Gasteiger partial charge >= 0.3 is 0 Å². The SMILES string of the molecule is Nc1ccccc1OCCS(=O)(=O)c1cccs1. The van der Waals surface area contributed by atoms with Crippen molar-refractivity contribution in [2.75, 3.05) is 18.1 Å². The molecule has 0 radical (unpaired) electrons. The number of ether oxygens (including phenoxy) is 1. The Kier molecular flexibility index (Phi) is 3.88. The van der Waals surface area contributed by atoms with E-state index in [1.54, 1.807) is 41.8 Å². The number of para-hydroxylation sites is 2. The Morgan fingerprint density at radius 3 is 2.61 bits per heavy atom. The third-order valence-corrected chi connectivity index (χ3v) is 5.50. The van der Waals surface area contributed by atoms with Crippen LogP contribution in [0.1, 0.15) is 0 Å². The highest BCUT2D eigenvalue weighted by molar-refractivity contribution is 7.93. The van der Waals surface area contributed by atoms with Crippen molar-refractivity contribution in [3.05, 3.63) is 41.8 Å². The Hall–Kier alpha value is -1.53. The fraction of sp³-hybridized carbons (Fsp3) is 0.167. The summed E-state index contributed by atoms with van der Waals surface area (Å²) in [6, 6.07) is 10.3. The molecule has 1 heterocycles. The number of anilines is 1. The van der Waals surface area contributed by atoms with Gasteiger partial charge in [-0.2, -0.15) is 0 Å². The molecule has 1 aromatic heterocycles. The average Bonchev–Trinajstić information content (AvgIpc) is 2.86. The van der Waals surface area contributed by atoms with Crippen molar-refractivity contribution >= 4 is 26.9 Å². The number of benzene rings is 1. The Morgan fingerprint density at radius 1 is 1.17 bits per heavy atom. The van der Waals surface area contributed by atoms with Crippen LogP contribution in [0.2, 0.25) is 0 Å². The normalized spacial score (nSPS) is 11.3. The first-order valence-corrected chi connectivity index (χ1v) is 7.86. The molecule has 0 fully saturated rings. The fourth-order valence-electron chi connectivity index (χ4n) is 1.41. The minimum absolute atomic E-state index is 0.0537. The van der Waals surface area contributed by atoms with E-state index in [-0.39, 0.29) is 12.4 Å². The first-order chi connectivity index (χ1) is 8.59.